The molecule has 3 heteroatoms. The molecular weight excluding hydrogens is 312 g/mol. The molecule has 0 N–H and O–H groups in total. The van der Waals surface area contributed by atoms with Gasteiger partial charge in [-0.1, -0.05) is 39.7 Å². The molecule has 0 aliphatic heterocycles. The molecule has 0 aliphatic rings. The predicted molar refractivity (Wildman–Crippen MR) is 79.4 cm³/mol. The third-order valence-electron chi connectivity index (χ3n) is 2.70. The molecule has 0 atom stereocenters. The number of rotatable bonds is 3. The smallest absolute Gasteiger partial charge is 0.120 e. The van der Waals surface area contributed by atoms with Crippen molar-refractivity contribution in [2.24, 2.45) is 0 Å². The van der Waals surface area contributed by atoms with Crippen LogP contribution in [0.15, 0.2) is 40.9 Å². The second-order valence-electron chi connectivity index (χ2n) is 4.29. The Morgan fingerprint density at radius 2 is 1.78 bits per heavy atom. The Morgan fingerprint density at radius 3 is 2.39 bits per heavy atom. The van der Waals surface area contributed by atoms with Gasteiger partial charge in [-0.2, -0.15) is 0 Å². The topological polar surface area (TPSA) is 9.23 Å². The van der Waals surface area contributed by atoms with Gasteiger partial charge in [0, 0.05) is 9.50 Å². The molecule has 0 fully saturated rings. The van der Waals surface area contributed by atoms with Gasteiger partial charge in [-0.3, -0.25) is 0 Å². The Bertz CT molecular complexity index is 543. The largest absolute Gasteiger partial charge is 0.489 e. The maximum Gasteiger partial charge on any atom is 0.120 e. The highest BCUT2D eigenvalue weighted by Crippen LogP contribution is 2.26. The zero-order valence-electron chi connectivity index (χ0n) is 10.3. The highest BCUT2D eigenvalue weighted by molar-refractivity contribution is 9.10. The van der Waals surface area contributed by atoms with Crippen molar-refractivity contribution < 1.29 is 4.74 Å². The van der Waals surface area contributed by atoms with Crippen molar-refractivity contribution in [3.8, 4) is 5.75 Å². The van der Waals surface area contributed by atoms with Gasteiger partial charge in [0.05, 0.1) is 0 Å². The van der Waals surface area contributed by atoms with E-state index in [4.69, 9.17) is 16.3 Å². The molecule has 2 aromatic carbocycles. The van der Waals surface area contributed by atoms with Gasteiger partial charge in [0.25, 0.3) is 0 Å². The second kappa shape index (κ2) is 5.77. The van der Waals surface area contributed by atoms with E-state index in [9.17, 15) is 0 Å². The lowest BCUT2D eigenvalue weighted by Crippen LogP contribution is -1.96. The van der Waals surface area contributed by atoms with Crippen molar-refractivity contribution in [2.75, 3.05) is 0 Å². The molecule has 0 amide bonds. The monoisotopic (exact) mass is 324 g/mol. The van der Waals surface area contributed by atoms with Crippen LogP contribution in [-0.2, 0) is 6.61 Å². The maximum atomic E-state index is 5.94. The first-order valence-electron chi connectivity index (χ1n) is 5.70. The third kappa shape index (κ3) is 3.27. The van der Waals surface area contributed by atoms with Crippen LogP contribution >= 0.6 is 27.5 Å². The maximum absolute atomic E-state index is 5.94. The van der Waals surface area contributed by atoms with Gasteiger partial charge in [-0.05, 0) is 54.8 Å². The molecule has 0 bridgehead atoms. The van der Waals surface area contributed by atoms with Gasteiger partial charge in [-0.25, -0.2) is 0 Å². The fourth-order valence-electron chi connectivity index (χ4n) is 1.78. The number of halogens is 2. The van der Waals surface area contributed by atoms with E-state index in [0.717, 1.165) is 20.8 Å². The quantitative estimate of drug-likeness (QED) is 0.744. The van der Waals surface area contributed by atoms with Crippen LogP contribution in [0, 0.1) is 13.8 Å². The van der Waals surface area contributed by atoms with Gasteiger partial charge in [-0.15, -0.1) is 0 Å². The molecule has 94 valence electrons. The molecule has 0 heterocycles. The molecule has 0 spiro atoms. The van der Waals surface area contributed by atoms with Crippen LogP contribution in [0.25, 0.3) is 0 Å². The van der Waals surface area contributed by atoms with Gasteiger partial charge < -0.3 is 4.74 Å². The first-order valence-corrected chi connectivity index (χ1v) is 6.87. The summed E-state index contributed by atoms with van der Waals surface area (Å²) in [4.78, 5) is 0. The number of hydrogen-bond acceptors (Lipinski definition) is 1. The molecular formula is C15H14BrClO. The second-order valence-corrected chi connectivity index (χ2v) is 5.52. The third-order valence-corrected chi connectivity index (χ3v) is 4.19. The van der Waals surface area contributed by atoms with Gasteiger partial charge in [0.1, 0.15) is 12.4 Å². The zero-order valence-corrected chi connectivity index (χ0v) is 12.7. The van der Waals surface area contributed by atoms with Crippen LogP contribution in [0.1, 0.15) is 16.7 Å². The predicted octanol–water partition coefficient (Wildman–Crippen LogP) is 5.30. The molecule has 2 rings (SSSR count). The molecule has 1 nitrogen and oxygen atoms in total. The van der Waals surface area contributed by atoms with E-state index in [2.05, 4.69) is 29.8 Å². The van der Waals surface area contributed by atoms with Crippen molar-refractivity contribution in [3.05, 3.63) is 62.6 Å². The summed E-state index contributed by atoms with van der Waals surface area (Å²) in [7, 11) is 0. The summed E-state index contributed by atoms with van der Waals surface area (Å²) >= 11 is 9.48. The van der Waals surface area contributed by atoms with Crippen LogP contribution in [0.4, 0.5) is 0 Å². The average Bonchev–Trinajstić information content (AvgIpc) is 2.33. The van der Waals surface area contributed by atoms with Crippen LogP contribution in [0.5, 0.6) is 5.75 Å². The molecule has 0 saturated carbocycles. The van der Waals surface area contributed by atoms with E-state index in [-0.39, 0.29) is 0 Å². The lowest BCUT2D eigenvalue weighted by atomic mass is 10.1. The Balaban J connectivity index is 2.11. The van der Waals surface area contributed by atoms with E-state index in [1.807, 2.05) is 36.4 Å². The average molecular weight is 326 g/mol. The molecule has 0 aliphatic carbocycles. The van der Waals surface area contributed by atoms with Gasteiger partial charge in [0.15, 0.2) is 0 Å². The number of benzene rings is 2. The minimum atomic E-state index is 0.529. The van der Waals surface area contributed by atoms with E-state index >= 15 is 0 Å². The normalized spacial score (nSPS) is 10.4. The fraction of sp³-hybridized carbons (Fsp3) is 0.200. The van der Waals surface area contributed by atoms with Crippen LogP contribution in [0.3, 0.4) is 0 Å². The molecule has 2 aromatic rings. The molecule has 0 unspecified atom stereocenters. The van der Waals surface area contributed by atoms with E-state index < -0.39 is 0 Å². The highest BCUT2D eigenvalue weighted by Gasteiger charge is 2.03. The first kappa shape index (κ1) is 13.4. The standard InChI is InChI=1S/C15H14BrClO/c1-10-6-14(7-11(2)15(10)16)18-9-12-4-3-5-13(17)8-12/h3-8H,9H2,1-2H3. The Kier molecular flexibility index (Phi) is 4.31. The summed E-state index contributed by atoms with van der Waals surface area (Å²) in [5.41, 5.74) is 3.42. The SMILES string of the molecule is Cc1cc(OCc2cccc(Cl)c2)cc(C)c1Br. The Hall–Kier alpha value is -0.990. The summed E-state index contributed by atoms with van der Waals surface area (Å²) in [5, 5.41) is 0.735. The molecule has 0 radical (unpaired) electrons. The van der Waals surface area contributed by atoms with E-state index in [1.165, 1.54) is 11.1 Å². The number of hydrogen-bond donors (Lipinski definition) is 0. The zero-order chi connectivity index (χ0) is 13.1. The summed E-state index contributed by atoms with van der Waals surface area (Å²) in [6.45, 7) is 4.65. The van der Waals surface area contributed by atoms with Crippen molar-refractivity contribution >= 4 is 27.5 Å². The van der Waals surface area contributed by atoms with Gasteiger partial charge >= 0.3 is 0 Å². The van der Waals surface area contributed by atoms with Crippen LogP contribution in [-0.4, -0.2) is 0 Å². The highest BCUT2D eigenvalue weighted by atomic mass is 79.9. The molecule has 18 heavy (non-hydrogen) atoms. The summed E-state index contributed by atoms with van der Waals surface area (Å²) in [6, 6.07) is 11.8. The summed E-state index contributed by atoms with van der Waals surface area (Å²) in [6.07, 6.45) is 0. The lowest BCUT2D eigenvalue weighted by molar-refractivity contribution is 0.306. The number of ether oxygens (including phenoxy) is 1. The summed E-state index contributed by atoms with van der Waals surface area (Å²) in [5.74, 6) is 0.883. The minimum absolute atomic E-state index is 0.529. The van der Waals surface area contributed by atoms with Crippen molar-refractivity contribution in [3.63, 3.8) is 0 Å². The van der Waals surface area contributed by atoms with Crippen LogP contribution < -0.4 is 4.74 Å². The Labute approximate surface area is 121 Å². The van der Waals surface area contributed by atoms with Crippen molar-refractivity contribution in [2.45, 2.75) is 20.5 Å². The number of aryl methyl sites for hydroxylation is 2. The lowest BCUT2D eigenvalue weighted by Gasteiger charge is -2.10. The summed E-state index contributed by atoms with van der Waals surface area (Å²) < 4.78 is 6.92. The van der Waals surface area contributed by atoms with Crippen molar-refractivity contribution in [1.82, 2.24) is 0 Å². The van der Waals surface area contributed by atoms with E-state index in [1.54, 1.807) is 0 Å². The minimum Gasteiger partial charge on any atom is -0.489 e. The first-order chi connectivity index (χ1) is 8.56. The van der Waals surface area contributed by atoms with Gasteiger partial charge in [0.2, 0.25) is 0 Å². The Morgan fingerprint density at radius 1 is 1.11 bits per heavy atom. The van der Waals surface area contributed by atoms with Crippen molar-refractivity contribution in [1.29, 1.82) is 0 Å². The molecule has 0 saturated heterocycles. The van der Waals surface area contributed by atoms with E-state index in [0.29, 0.717) is 6.61 Å². The van der Waals surface area contributed by atoms with Crippen LogP contribution in [0.2, 0.25) is 5.02 Å². The fourth-order valence-corrected chi connectivity index (χ4v) is 2.22. The molecule has 0 aromatic heterocycles.